The molecule has 0 radical (unpaired) electrons. The first-order chi connectivity index (χ1) is 12.2. The topological polar surface area (TPSA) is 64.1 Å². The first kappa shape index (κ1) is 19.4. The van der Waals surface area contributed by atoms with E-state index < -0.39 is 0 Å². The third-order valence-corrected chi connectivity index (χ3v) is 4.34. The maximum atomic E-state index is 6.27. The zero-order valence-corrected chi connectivity index (χ0v) is 15.8. The maximum Gasteiger partial charge on any atom is 0.191 e. The normalized spacial score (nSPS) is 16.6. The molecule has 0 aromatic heterocycles. The van der Waals surface area contributed by atoms with E-state index in [1.807, 2.05) is 12.1 Å². The molecule has 0 bridgehead atoms. The summed E-state index contributed by atoms with van der Waals surface area (Å²) in [5, 5.41) is 6.64. The highest BCUT2D eigenvalue weighted by Gasteiger charge is 2.20. The molecular weight excluding hydrogens is 318 g/mol. The van der Waals surface area contributed by atoms with Crippen molar-refractivity contribution in [1.82, 2.24) is 10.6 Å². The molecule has 0 saturated heterocycles. The fourth-order valence-electron chi connectivity index (χ4n) is 3.07. The zero-order chi connectivity index (χ0) is 18.1. The maximum absolute atomic E-state index is 6.27. The Hall–Kier alpha value is -1.95. The standard InChI is InChI=1S/C19H31N3O3/c1-14(13-23-3)22-19(20-2)21-12-15-8-7-11-17(24-4)18(15)25-16-9-5-6-10-16/h7-8,11,14,16H,5-6,9-10,12-13H2,1-4H3,(H2,20,21,22). The highest BCUT2D eigenvalue weighted by atomic mass is 16.5. The molecule has 2 rings (SSSR count). The van der Waals surface area contributed by atoms with Crippen LogP contribution in [0.1, 0.15) is 38.2 Å². The van der Waals surface area contributed by atoms with Gasteiger partial charge in [-0.05, 0) is 38.7 Å². The second-order valence-corrected chi connectivity index (χ2v) is 6.40. The Labute approximate surface area is 151 Å². The van der Waals surface area contributed by atoms with Crippen LogP contribution in [-0.4, -0.2) is 46.0 Å². The first-order valence-corrected chi connectivity index (χ1v) is 8.96. The van der Waals surface area contributed by atoms with Gasteiger partial charge in [0.05, 0.1) is 19.8 Å². The number of aliphatic imine (C=N–C) groups is 1. The average Bonchev–Trinajstić information content (AvgIpc) is 3.12. The van der Waals surface area contributed by atoms with Crippen molar-refractivity contribution in [2.24, 2.45) is 4.99 Å². The van der Waals surface area contributed by atoms with Crippen LogP contribution in [0.3, 0.4) is 0 Å². The monoisotopic (exact) mass is 349 g/mol. The van der Waals surface area contributed by atoms with Crippen molar-refractivity contribution in [2.75, 3.05) is 27.9 Å². The van der Waals surface area contributed by atoms with Gasteiger partial charge in [-0.1, -0.05) is 12.1 Å². The lowest BCUT2D eigenvalue weighted by molar-refractivity contribution is 0.179. The lowest BCUT2D eigenvalue weighted by atomic mass is 10.1. The fraction of sp³-hybridized carbons (Fsp3) is 0.632. The highest BCUT2D eigenvalue weighted by Crippen LogP contribution is 2.34. The molecule has 0 heterocycles. The van der Waals surface area contributed by atoms with Gasteiger partial charge in [-0.25, -0.2) is 0 Å². The van der Waals surface area contributed by atoms with E-state index in [0.717, 1.165) is 35.9 Å². The second-order valence-electron chi connectivity index (χ2n) is 6.40. The van der Waals surface area contributed by atoms with Crippen LogP contribution in [0.4, 0.5) is 0 Å². The van der Waals surface area contributed by atoms with Gasteiger partial charge < -0.3 is 24.8 Å². The zero-order valence-electron chi connectivity index (χ0n) is 15.8. The SMILES string of the molecule is CN=C(NCc1cccc(OC)c1OC1CCCC1)NC(C)COC. The summed E-state index contributed by atoms with van der Waals surface area (Å²) in [6.07, 6.45) is 4.99. The molecule has 140 valence electrons. The predicted molar refractivity (Wildman–Crippen MR) is 101 cm³/mol. The number of guanidine groups is 1. The lowest BCUT2D eigenvalue weighted by Gasteiger charge is -2.21. The lowest BCUT2D eigenvalue weighted by Crippen LogP contribution is -2.43. The molecule has 0 aliphatic heterocycles. The molecule has 0 spiro atoms. The van der Waals surface area contributed by atoms with Gasteiger partial charge in [0.15, 0.2) is 17.5 Å². The summed E-state index contributed by atoms with van der Waals surface area (Å²) in [7, 11) is 5.13. The summed E-state index contributed by atoms with van der Waals surface area (Å²) in [5.74, 6) is 2.35. The van der Waals surface area contributed by atoms with E-state index in [4.69, 9.17) is 14.2 Å². The number of para-hydroxylation sites is 1. The molecule has 1 saturated carbocycles. The van der Waals surface area contributed by atoms with Gasteiger partial charge in [-0.2, -0.15) is 0 Å². The number of ether oxygens (including phenoxy) is 3. The molecule has 1 atom stereocenters. The van der Waals surface area contributed by atoms with E-state index in [1.165, 1.54) is 12.8 Å². The van der Waals surface area contributed by atoms with Gasteiger partial charge in [0.25, 0.3) is 0 Å². The van der Waals surface area contributed by atoms with Crippen LogP contribution in [0, 0.1) is 0 Å². The molecule has 2 N–H and O–H groups in total. The minimum absolute atomic E-state index is 0.177. The average molecular weight is 349 g/mol. The predicted octanol–water partition coefficient (Wildman–Crippen LogP) is 2.72. The summed E-state index contributed by atoms with van der Waals surface area (Å²) in [6, 6.07) is 6.17. The van der Waals surface area contributed by atoms with Crippen molar-refractivity contribution in [3.63, 3.8) is 0 Å². The van der Waals surface area contributed by atoms with E-state index in [1.54, 1.807) is 21.3 Å². The van der Waals surface area contributed by atoms with Crippen LogP contribution >= 0.6 is 0 Å². The summed E-state index contributed by atoms with van der Waals surface area (Å²) < 4.78 is 16.9. The quantitative estimate of drug-likeness (QED) is 0.558. The molecule has 1 aliphatic rings. The van der Waals surface area contributed by atoms with Crippen LogP contribution in [0.5, 0.6) is 11.5 Å². The molecule has 1 aromatic carbocycles. The van der Waals surface area contributed by atoms with Crippen molar-refractivity contribution >= 4 is 5.96 Å². The van der Waals surface area contributed by atoms with Gasteiger partial charge in [-0.3, -0.25) is 4.99 Å². The number of benzene rings is 1. The molecule has 1 aromatic rings. The van der Waals surface area contributed by atoms with Gasteiger partial charge in [-0.15, -0.1) is 0 Å². The Balaban J connectivity index is 2.04. The number of rotatable bonds is 8. The van der Waals surface area contributed by atoms with E-state index >= 15 is 0 Å². The van der Waals surface area contributed by atoms with Crippen molar-refractivity contribution in [1.29, 1.82) is 0 Å². The van der Waals surface area contributed by atoms with E-state index in [-0.39, 0.29) is 12.1 Å². The van der Waals surface area contributed by atoms with Crippen LogP contribution in [0.2, 0.25) is 0 Å². The van der Waals surface area contributed by atoms with Crippen molar-refractivity contribution in [3.05, 3.63) is 23.8 Å². The van der Waals surface area contributed by atoms with Gasteiger partial charge in [0.1, 0.15) is 0 Å². The Morgan fingerprint density at radius 2 is 2.04 bits per heavy atom. The smallest absolute Gasteiger partial charge is 0.191 e. The second kappa shape index (κ2) is 10.1. The Bertz CT molecular complexity index is 557. The van der Waals surface area contributed by atoms with Crippen LogP contribution in [0.25, 0.3) is 0 Å². The van der Waals surface area contributed by atoms with Crippen LogP contribution < -0.4 is 20.1 Å². The van der Waals surface area contributed by atoms with E-state index in [2.05, 4.69) is 28.6 Å². The Morgan fingerprint density at radius 3 is 2.68 bits per heavy atom. The number of methoxy groups -OCH3 is 2. The molecule has 6 nitrogen and oxygen atoms in total. The molecule has 25 heavy (non-hydrogen) atoms. The van der Waals surface area contributed by atoms with Gasteiger partial charge >= 0.3 is 0 Å². The first-order valence-electron chi connectivity index (χ1n) is 8.96. The molecule has 0 amide bonds. The minimum atomic E-state index is 0.177. The number of hydrogen-bond donors (Lipinski definition) is 2. The summed E-state index contributed by atoms with van der Waals surface area (Å²) >= 11 is 0. The molecule has 1 aliphatic carbocycles. The van der Waals surface area contributed by atoms with Crippen molar-refractivity contribution < 1.29 is 14.2 Å². The van der Waals surface area contributed by atoms with E-state index in [9.17, 15) is 0 Å². The molecule has 1 fully saturated rings. The van der Waals surface area contributed by atoms with Crippen molar-refractivity contribution in [3.8, 4) is 11.5 Å². The summed E-state index contributed by atoms with van der Waals surface area (Å²) in [6.45, 7) is 3.28. The Morgan fingerprint density at radius 1 is 1.28 bits per heavy atom. The number of hydrogen-bond acceptors (Lipinski definition) is 4. The molecular formula is C19H31N3O3. The third-order valence-electron chi connectivity index (χ3n) is 4.34. The third kappa shape index (κ3) is 5.81. The largest absolute Gasteiger partial charge is 0.493 e. The Kier molecular flexibility index (Phi) is 7.85. The van der Waals surface area contributed by atoms with Crippen LogP contribution in [0.15, 0.2) is 23.2 Å². The number of nitrogens with one attached hydrogen (secondary N) is 2. The highest BCUT2D eigenvalue weighted by molar-refractivity contribution is 5.80. The van der Waals surface area contributed by atoms with Gasteiger partial charge in [0.2, 0.25) is 0 Å². The summed E-state index contributed by atoms with van der Waals surface area (Å²) in [5.41, 5.74) is 1.06. The summed E-state index contributed by atoms with van der Waals surface area (Å²) in [4.78, 5) is 4.27. The van der Waals surface area contributed by atoms with Crippen molar-refractivity contribution in [2.45, 2.75) is 51.3 Å². The minimum Gasteiger partial charge on any atom is -0.493 e. The van der Waals surface area contributed by atoms with E-state index in [0.29, 0.717) is 13.2 Å². The van der Waals surface area contributed by atoms with Gasteiger partial charge in [0, 0.05) is 32.3 Å². The fourth-order valence-corrected chi connectivity index (χ4v) is 3.07. The molecule has 6 heteroatoms. The van der Waals surface area contributed by atoms with Crippen LogP contribution in [-0.2, 0) is 11.3 Å². The number of nitrogens with zero attached hydrogens (tertiary/aromatic N) is 1. The molecule has 1 unspecified atom stereocenters.